The molecule has 0 bridgehead atoms. The van der Waals surface area contributed by atoms with E-state index in [0.29, 0.717) is 18.5 Å². The molecule has 1 saturated carbocycles. The molecule has 0 amide bonds. The molecule has 2 aliphatic rings. The molecule has 1 aliphatic heterocycles. The number of halogens is 3. The second-order valence-corrected chi connectivity index (χ2v) is 7.86. The maximum absolute atomic E-state index is 12.4. The molecule has 2 rings (SSSR count). The third-order valence-electron chi connectivity index (χ3n) is 5.51. The van der Waals surface area contributed by atoms with Gasteiger partial charge in [0.05, 0.1) is 13.1 Å². The van der Waals surface area contributed by atoms with Gasteiger partial charge in [-0.2, -0.15) is 13.2 Å². The van der Waals surface area contributed by atoms with Gasteiger partial charge in [0.15, 0.2) is 5.96 Å². The number of alkyl halides is 3. The minimum absolute atomic E-state index is 0.288. The van der Waals surface area contributed by atoms with Gasteiger partial charge in [0.25, 0.3) is 0 Å². The van der Waals surface area contributed by atoms with Gasteiger partial charge >= 0.3 is 6.18 Å². The number of hydrogen-bond donors (Lipinski definition) is 2. The molecule has 1 heterocycles. The molecule has 158 valence electrons. The van der Waals surface area contributed by atoms with Gasteiger partial charge in [0, 0.05) is 38.3 Å². The van der Waals surface area contributed by atoms with Crippen LogP contribution in [0.5, 0.6) is 0 Å². The molecule has 2 N–H and O–H groups in total. The van der Waals surface area contributed by atoms with Crippen LogP contribution in [0.25, 0.3) is 0 Å². The predicted octanol–water partition coefficient (Wildman–Crippen LogP) is 2.83. The number of likely N-dealkylation sites (tertiary alicyclic amines) is 1. The summed E-state index contributed by atoms with van der Waals surface area (Å²) in [6.45, 7) is 4.72. The first-order chi connectivity index (χ1) is 12.9. The third-order valence-corrected chi connectivity index (χ3v) is 5.51. The molecule has 5 nitrogen and oxygen atoms in total. The number of nitrogens with one attached hydrogen (secondary N) is 2. The summed E-state index contributed by atoms with van der Waals surface area (Å²) in [6.07, 6.45) is 4.82. The maximum atomic E-state index is 12.4. The van der Waals surface area contributed by atoms with E-state index in [9.17, 15) is 13.2 Å². The van der Waals surface area contributed by atoms with E-state index in [1.54, 1.807) is 0 Å². The molecule has 8 heteroatoms. The zero-order valence-electron chi connectivity index (χ0n) is 16.8. The highest BCUT2D eigenvalue weighted by atomic mass is 19.4. The van der Waals surface area contributed by atoms with Crippen LogP contribution in [0, 0.1) is 0 Å². The standard InChI is InChI=1S/C19H36F3N5/c1-3-23-18(24-11-14-26(2)15-19(20,21)22)25-16-9-12-27(13-10-16)17-7-5-4-6-8-17/h16-17H,3-15H2,1-2H3,(H2,23,24,25). The maximum Gasteiger partial charge on any atom is 0.401 e. The normalized spacial score (nSPS) is 21.6. The van der Waals surface area contributed by atoms with Crippen LogP contribution in [-0.2, 0) is 0 Å². The van der Waals surface area contributed by atoms with Crippen LogP contribution >= 0.6 is 0 Å². The Morgan fingerprint density at radius 1 is 1.11 bits per heavy atom. The van der Waals surface area contributed by atoms with E-state index >= 15 is 0 Å². The molecule has 0 aromatic heterocycles. The summed E-state index contributed by atoms with van der Waals surface area (Å²) in [5.74, 6) is 0.717. The van der Waals surface area contributed by atoms with Gasteiger partial charge in [-0.25, -0.2) is 0 Å². The van der Waals surface area contributed by atoms with Crippen molar-refractivity contribution >= 4 is 5.96 Å². The molecule has 0 spiro atoms. The van der Waals surface area contributed by atoms with Gasteiger partial charge in [0.1, 0.15) is 0 Å². The van der Waals surface area contributed by atoms with Gasteiger partial charge in [0.2, 0.25) is 0 Å². The SMILES string of the molecule is CCNC(=NCCN(C)CC(F)(F)F)NC1CCN(C2CCCCC2)CC1. The van der Waals surface area contributed by atoms with Crippen molar-refractivity contribution in [3.63, 3.8) is 0 Å². The fourth-order valence-electron chi connectivity index (χ4n) is 4.09. The highest BCUT2D eigenvalue weighted by molar-refractivity contribution is 5.80. The van der Waals surface area contributed by atoms with Crippen molar-refractivity contribution < 1.29 is 13.2 Å². The molecule has 0 aromatic rings. The fourth-order valence-corrected chi connectivity index (χ4v) is 4.09. The van der Waals surface area contributed by atoms with Crippen molar-refractivity contribution in [2.75, 3.05) is 46.3 Å². The van der Waals surface area contributed by atoms with E-state index in [2.05, 4.69) is 20.5 Å². The summed E-state index contributed by atoms with van der Waals surface area (Å²) in [5, 5.41) is 6.68. The van der Waals surface area contributed by atoms with Crippen LogP contribution in [-0.4, -0.2) is 80.3 Å². The van der Waals surface area contributed by atoms with Gasteiger partial charge in [-0.3, -0.25) is 9.89 Å². The molecule has 0 radical (unpaired) electrons. The molecule has 1 aliphatic carbocycles. The Labute approximate surface area is 161 Å². The number of piperidine rings is 1. The molecule has 27 heavy (non-hydrogen) atoms. The molecule has 2 fully saturated rings. The number of guanidine groups is 1. The lowest BCUT2D eigenvalue weighted by atomic mass is 9.92. The van der Waals surface area contributed by atoms with Crippen molar-refractivity contribution in [1.29, 1.82) is 0 Å². The average molecular weight is 392 g/mol. The zero-order chi connectivity index (χ0) is 19.7. The lowest BCUT2D eigenvalue weighted by Gasteiger charge is -2.39. The van der Waals surface area contributed by atoms with Crippen LogP contribution in [0.4, 0.5) is 13.2 Å². The zero-order valence-corrected chi connectivity index (χ0v) is 16.8. The number of aliphatic imine (C=N–C) groups is 1. The Hall–Kier alpha value is -1.02. The van der Waals surface area contributed by atoms with E-state index in [-0.39, 0.29) is 6.54 Å². The van der Waals surface area contributed by atoms with Crippen molar-refractivity contribution in [3.8, 4) is 0 Å². The van der Waals surface area contributed by atoms with Gasteiger partial charge in [-0.05, 0) is 39.7 Å². The second-order valence-electron chi connectivity index (χ2n) is 7.86. The average Bonchev–Trinajstić information content (AvgIpc) is 2.62. The lowest BCUT2D eigenvalue weighted by molar-refractivity contribution is -0.142. The molecule has 1 saturated heterocycles. The Balaban J connectivity index is 1.73. The van der Waals surface area contributed by atoms with Crippen molar-refractivity contribution in [1.82, 2.24) is 20.4 Å². The van der Waals surface area contributed by atoms with Gasteiger partial charge in [-0.15, -0.1) is 0 Å². The summed E-state index contributed by atoms with van der Waals surface area (Å²) in [5.41, 5.74) is 0. The highest BCUT2D eigenvalue weighted by Crippen LogP contribution is 2.25. The van der Waals surface area contributed by atoms with Gasteiger partial charge < -0.3 is 15.5 Å². The van der Waals surface area contributed by atoms with Crippen LogP contribution in [0.2, 0.25) is 0 Å². The van der Waals surface area contributed by atoms with Gasteiger partial charge in [-0.1, -0.05) is 19.3 Å². The largest absolute Gasteiger partial charge is 0.401 e. The van der Waals surface area contributed by atoms with E-state index < -0.39 is 12.7 Å². The summed E-state index contributed by atoms with van der Waals surface area (Å²) in [6, 6.07) is 1.15. The number of nitrogens with zero attached hydrogens (tertiary/aromatic N) is 3. The Kier molecular flexibility index (Phi) is 9.15. The third kappa shape index (κ3) is 8.68. The quantitative estimate of drug-likeness (QED) is 0.517. The minimum Gasteiger partial charge on any atom is -0.357 e. The monoisotopic (exact) mass is 391 g/mol. The van der Waals surface area contributed by atoms with Crippen LogP contribution in [0.3, 0.4) is 0 Å². The van der Waals surface area contributed by atoms with Crippen LogP contribution in [0.1, 0.15) is 51.9 Å². The number of hydrogen-bond acceptors (Lipinski definition) is 3. The minimum atomic E-state index is -4.16. The summed E-state index contributed by atoms with van der Waals surface area (Å²) in [7, 11) is 1.48. The molecular weight excluding hydrogens is 355 g/mol. The summed E-state index contributed by atoms with van der Waals surface area (Å²) >= 11 is 0. The smallest absolute Gasteiger partial charge is 0.357 e. The number of likely N-dealkylation sites (N-methyl/N-ethyl adjacent to an activating group) is 1. The van der Waals surface area contributed by atoms with E-state index in [4.69, 9.17) is 0 Å². The van der Waals surface area contributed by atoms with Crippen LogP contribution in [0.15, 0.2) is 4.99 Å². The summed E-state index contributed by atoms with van der Waals surface area (Å²) in [4.78, 5) is 8.36. The van der Waals surface area contributed by atoms with Crippen molar-refractivity contribution in [3.05, 3.63) is 0 Å². The van der Waals surface area contributed by atoms with Crippen molar-refractivity contribution in [2.24, 2.45) is 4.99 Å². The van der Waals surface area contributed by atoms with E-state index in [1.165, 1.54) is 44.1 Å². The van der Waals surface area contributed by atoms with Crippen LogP contribution < -0.4 is 10.6 Å². The number of rotatable bonds is 7. The Morgan fingerprint density at radius 3 is 2.37 bits per heavy atom. The molecular formula is C19H36F3N5. The topological polar surface area (TPSA) is 42.9 Å². The van der Waals surface area contributed by atoms with E-state index in [0.717, 1.165) is 38.5 Å². The first kappa shape index (κ1) is 22.3. The highest BCUT2D eigenvalue weighted by Gasteiger charge is 2.29. The molecule has 0 aromatic carbocycles. The Morgan fingerprint density at radius 2 is 1.78 bits per heavy atom. The fraction of sp³-hybridized carbons (Fsp3) is 0.947. The van der Waals surface area contributed by atoms with Crippen molar-refractivity contribution in [2.45, 2.75) is 70.1 Å². The van der Waals surface area contributed by atoms with E-state index in [1.807, 2.05) is 6.92 Å². The predicted molar refractivity (Wildman–Crippen MR) is 104 cm³/mol. The lowest BCUT2D eigenvalue weighted by Crippen LogP contribution is -2.51. The molecule has 0 unspecified atom stereocenters. The first-order valence-electron chi connectivity index (χ1n) is 10.4. The molecule has 0 atom stereocenters. The Bertz CT molecular complexity index is 441. The first-order valence-corrected chi connectivity index (χ1v) is 10.4. The second kappa shape index (κ2) is 11.1. The summed E-state index contributed by atoms with van der Waals surface area (Å²) < 4.78 is 37.1.